The van der Waals surface area contributed by atoms with E-state index >= 15 is 0 Å². The number of rotatable bonds is 15. The lowest BCUT2D eigenvalue weighted by Crippen LogP contribution is -2.61. The summed E-state index contributed by atoms with van der Waals surface area (Å²) < 4.78 is 37.2. The molecule has 0 aliphatic carbocycles. The van der Waals surface area contributed by atoms with Crippen LogP contribution in [-0.2, 0) is 39.9 Å². The summed E-state index contributed by atoms with van der Waals surface area (Å²) in [5, 5.41) is 16.6. The van der Waals surface area contributed by atoms with E-state index in [1.807, 2.05) is 77.2 Å². The maximum atomic E-state index is 13.4. The minimum atomic E-state index is -5.08. The van der Waals surface area contributed by atoms with Crippen molar-refractivity contribution in [2.75, 3.05) is 21.2 Å². The highest BCUT2D eigenvalue weighted by Gasteiger charge is 2.39. The Morgan fingerprint density at radius 2 is 1.62 bits per heavy atom. The molecule has 1 aliphatic heterocycles. The van der Waals surface area contributed by atoms with Gasteiger partial charge < -0.3 is 30.8 Å². The Bertz CT molecular complexity index is 1760. The molecule has 304 valence electrons. The second-order valence-electron chi connectivity index (χ2n) is 14.8. The summed E-state index contributed by atoms with van der Waals surface area (Å²) in [7, 11) is 5.10. The van der Waals surface area contributed by atoms with E-state index < -0.39 is 65.5 Å². The molecule has 0 fully saturated rings. The molecular formula is C38H53F3N6O8. The number of likely N-dealkylation sites (N-methyl/N-ethyl adjacent to an activating group) is 1. The summed E-state index contributed by atoms with van der Waals surface area (Å²) in [6.45, 7) is 12.6. The second kappa shape index (κ2) is 19.4. The number of hydrogen-bond acceptors (Lipinski definition) is 8. The molecule has 2 heterocycles. The number of fused-ring (bicyclic) bond motifs is 1. The number of H-pyrrole nitrogens is 1. The van der Waals surface area contributed by atoms with Crippen molar-refractivity contribution in [3.8, 4) is 0 Å². The van der Waals surface area contributed by atoms with Gasteiger partial charge in [-0.1, -0.05) is 52.0 Å². The van der Waals surface area contributed by atoms with Gasteiger partial charge in [0.05, 0.1) is 13.2 Å². The molecule has 17 heteroatoms. The Hall–Kier alpha value is -5.19. The zero-order valence-electron chi connectivity index (χ0n) is 32.8. The number of halogens is 3. The van der Waals surface area contributed by atoms with Crippen LogP contribution in [0.25, 0.3) is 10.9 Å². The number of nitrogens with zero attached hydrogens (tertiary/aromatic N) is 2. The molecule has 2 aromatic rings. The van der Waals surface area contributed by atoms with Gasteiger partial charge in [-0.05, 0) is 64.8 Å². The lowest BCUT2D eigenvalue weighted by atomic mass is 9.97. The first-order chi connectivity index (χ1) is 25.4. The number of ether oxygens (including phenoxy) is 1. The summed E-state index contributed by atoms with van der Waals surface area (Å²) in [5.41, 5.74) is 0.549. The van der Waals surface area contributed by atoms with Gasteiger partial charge in [-0.15, -0.1) is 0 Å². The van der Waals surface area contributed by atoms with Crippen molar-refractivity contribution in [3.05, 3.63) is 60.0 Å². The van der Waals surface area contributed by atoms with E-state index in [-0.39, 0.29) is 17.7 Å². The van der Waals surface area contributed by atoms with Gasteiger partial charge in [0.1, 0.15) is 23.4 Å². The van der Waals surface area contributed by atoms with Crippen LogP contribution in [0, 0.1) is 11.8 Å². The number of carbonyl (C=O) groups excluding carboxylic acids is 5. The topological polar surface area (TPSA) is 190 Å². The van der Waals surface area contributed by atoms with Gasteiger partial charge in [-0.25, -0.2) is 4.79 Å². The minimum Gasteiger partial charge on any atom is -0.499 e. The fraction of sp³-hybridized carbons (Fsp3) is 0.526. The third kappa shape index (κ3) is 13.0. The number of aliphatic carboxylic acids is 1. The highest BCUT2D eigenvalue weighted by Crippen LogP contribution is 2.28. The number of aromatic nitrogens is 1. The Morgan fingerprint density at radius 3 is 2.15 bits per heavy atom. The quantitative estimate of drug-likeness (QED) is 0.168. The number of carboxylic acids is 1. The monoisotopic (exact) mass is 778 g/mol. The zero-order chi connectivity index (χ0) is 42.0. The van der Waals surface area contributed by atoms with Crippen molar-refractivity contribution >= 4 is 46.4 Å². The SMILES string of the molecule is COC1=CC(=O)N(C(=O)/C=C/[C@H](C)NC(=O)C(C)(C)NC(=O)[C@H](CC(C)C)NC(=O)[C@H](C(C)C)N(C)C)[C@H]1Cc1c[nH]c2ccccc12.O=C(O)C(F)(F)F. The lowest BCUT2D eigenvalue weighted by Gasteiger charge is -2.32. The van der Waals surface area contributed by atoms with Crippen LogP contribution in [0.4, 0.5) is 13.2 Å². The molecule has 14 nitrogen and oxygen atoms in total. The lowest BCUT2D eigenvalue weighted by molar-refractivity contribution is -0.192. The van der Waals surface area contributed by atoms with Crippen LogP contribution in [-0.4, -0.2) is 112 Å². The molecule has 1 aromatic heterocycles. The van der Waals surface area contributed by atoms with Gasteiger partial charge in [-0.3, -0.25) is 33.8 Å². The van der Waals surface area contributed by atoms with Gasteiger partial charge >= 0.3 is 12.1 Å². The molecule has 5 amide bonds. The average Bonchev–Trinajstić information content (AvgIpc) is 3.62. The van der Waals surface area contributed by atoms with Gasteiger partial charge in [0.25, 0.3) is 11.8 Å². The van der Waals surface area contributed by atoms with E-state index in [1.165, 1.54) is 25.3 Å². The molecule has 0 unspecified atom stereocenters. The number of carbonyl (C=O) groups is 6. The number of amides is 5. The number of imide groups is 1. The Balaban J connectivity index is 0.00000136. The summed E-state index contributed by atoms with van der Waals surface area (Å²) >= 11 is 0. The molecule has 1 aromatic carbocycles. The molecule has 55 heavy (non-hydrogen) atoms. The summed E-state index contributed by atoms with van der Waals surface area (Å²) in [4.78, 5) is 81.2. The van der Waals surface area contributed by atoms with Gasteiger partial charge in [0.2, 0.25) is 17.7 Å². The van der Waals surface area contributed by atoms with E-state index in [2.05, 4.69) is 20.9 Å². The van der Waals surface area contributed by atoms with E-state index in [9.17, 15) is 37.1 Å². The standard InChI is InChI=1S/C36H52N6O6.C2HF3O2/c1-21(2)17-27(39-34(46)32(22(3)4)41(8)9)33(45)40-36(6,7)35(47)38-23(5)15-16-30(43)42-28(29(48-10)19-31(42)44)18-24-20-37-26-14-12-11-13-25(24)26;3-2(4,5)1(6)7/h11-16,19-23,27-28,32,37H,17-18H2,1-10H3,(H,38,47)(H,39,46)(H,40,45);(H,6,7)/b16-15+;/t23-,27-,28-,32-;/m0./s1. The number of para-hydroxylation sites is 1. The van der Waals surface area contributed by atoms with Gasteiger partial charge in [-0.2, -0.15) is 13.2 Å². The number of alkyl halides is 3. The van der Waals surface area contributed by atoms with Crippen LogP contribution < -0.4 is 16.0 Å². The fourth-order valence-corrected chi connectivity index (χ4v) is 6.01. The van der Waals surface area contributed by atoms with Crippen molar-refractivity contribution in [2.45, 2.75) is 97.2 Å². The minimum absolute atomic E-state index is 0.0265. The Kier molecular flexibility index (Phi) is 16.2. The zero-order valence-corrected chi connectivity index (χ0v) is 32.8. The predicted molar refractivity (Wildman–Crippen MR) is 199 cm³/mol. The molecule has 0 radical (unpaired) electrons. The van der Waals surface area contributed by atoms with Crippen LogP contribution >= 0.6 is 0 Å². The van der Waals surface area contributed by atoms with Crippen molar-refractivity contribution in [3.63, 3.8) is 0 Å². The maximum absolute atomic E-state index is 13.4. The van der Waals surface area contributed by atoms with Crippen LogP contribution in [0.5, 0.6) is 0 Å². The maximum Gasteiger partial charge on any atom is 0.490 e. The largest absolute Gasteiger partial charge is 0.499 e. The number of carboxylic acid groups (broad SMARTS) is 1. The van der Waals surface area contributed by atoms with E-state index in [0.29, 0.717) is 18.6 Å². The van der Waals surface area contributed by atoms with E-state index in [0.717, 1.165) is 21.4 Å². The van der Waals surface area contributed by atoms with E-state index in [1.54, 1.807) is 20.8 Å². The number of methoxy groups -OCH3 is 1. The van der Waals surface area contributed by atoms with E-state index in [4.69, 9.17) is 14.6 Å². The summed E-state index contributed by atoms with van der Waals surface area (Å²) in [5.74, 6) is -4.47. The van der Waals surface area contributed by atoms with Crippen LogP contribution in [0.2, 0.25) is 0 Å². The Labute approximate surface area is 318 Å². The molecule has 3 rings (SSSR count). The molecule has 1 aliphatic rings. The summed E-state index contributed by atoms with van der Waals surface area (Å²) in [6, 6.07) is 5.28. The van der Waals surface area contributed by atoms with Crippen LogP contribution in [0.3, 0.4) is 0 Å². The third-order valence-corrected chi connectivity index (χ3v) is 8.63. The molecular weight excluding hydrogens is 725 g/mol. The average molecular weight is 779 g/mol. The Morgan fingerprint density at radius 1 is 1.02 bits per heavy atom. The second-order valence-corrected chi connectivity index (χ2v) is 14.8. The highest BCUT2D eigenvalue weighted by atomic mass is 19.4. The van der Waals surface area contributed by atoms with Crippen molar-refractivity contribution in [1.82, 2.24) is 30.7 Å². The van der Waals surface area contributed by atoms with Gasteiger partial charge in [0.15, 0.2) is 0 Å². The molecule has 0 saturated carbocycles. The number of aromatic amines is 1. The first-order valence-corrected chi connectivity index (χ1v) is 17.7. The fourth-order valence-electron chi connectivity index (χ4n) is 6.01. The molecule has 0 spiro atoms. The van der Waals surface area contributed by atoms with Crippen molar-refractivity contribution in [2.24, 2.45) is 11.8 Å². The number of nitrogens with one attached hydrogen (secondary N) is 4. The van der Waals surface area contributed by atoms with Crippen LogP contribution in [0.1, 0.15) is 60.5 Å². The molecule has 0 saturated heterocycles. The highest BCUT2D eigenvalue weighted by molar-refractivity contribution is 6.08. The van der Waals surface area contributed by atoms with Crippen molar-refractivity contribution in [1.29, 1.82) is 0 Å². The molecule has 0 bridgehead atoms. The smallest absolute Gasteiger partial charge is 0.490 e. The third-order valence-electron chi connectivity index (χ3n) is 8.63. The number of benzene rings is 1. The van der Waals surface area contributed by atoms with Crippen molar-refractivity contribution < 1.29 is 51.8 Å². The summed E-state index contributed by atoms with van der Waals surface area (Å²) in [6.07, 6.45) is 1.61. The van der Waals surface area contributed by atoms with Crippen LogP contribution in [0.15, 0.2) is 54.4 Å². The molecule has 5 N–H and O–H groups in total. The van der Waals surface area contributed by atoms with Gasteiger partial charge in [0, 0.05) is 41.7 Å². The molecule has 4 atom stereocenters. The number of hydrogen-bond donors (Lipinski definition) is 5. The predicted octanol–water partition coefficient (Wildman–Crippen LogP) is 3.68. The first-order valence-electron chi connectivity index (χ1n) is 17.7. The normalized spacial score (nSPS) is 16.4. The first kappa shape index (κ1) is 46.0.